The normalized spacial score (nSPS) is 10.5. The number of H-pyrrole nitrogens is 1. The van der Waals surface area contributed by atoms with E-state index in [1.807, 2.05) is 0 Å². The standard InChI is InChI=1S/C11H9NO3/c1-6(14)9-3-7-2-8(5-13)12-10(7)4-11(9)15/h2-5,12,15H,1H3. The maximum absolute atomic E-state index is 11.1. The van der Waals surface area contributed by atoms with Crippen LogP contribution in [0, 0.1) is 0 Å². The smallest absolute Gasteiger partial charge is 0.166 e. The van der Waals surface area contributed by atoms with Gasteiger partial charge in [0.1, 0.15) is 5.75 Å². The van der Waals surface area contributed by atoms with Crippen LogP contribution in [0.15, 0.2) is 18.2 Å². The van der Waals surface area contributed by atoms with Gasteiger partial charge in [0.25, 0.3) is 0 Å². The zero-order valence-electron chi connectivity index (χ0n) is 8.07. The SMILES string of the molecule is CC(=O)c1cc2cc(C=O)[nH]c2cc1O. The molecule has 4 nitrogen and oxygen atoms in total. The van der Waals surface area contributed by atoms with Gasteiger partial charge in [-0.05, 0) is 19.1 Å². The van der Waals surface area contributed by atoms with Crippen molar-refractivity contribution >= 4 is 23.0 Å². The molecule has 0 spiro atoms. The van der Waals surface area contributed by atoms with Crippen molar-refractivity contribution in [2.75, 3.05) is 0 Å². The second kappa shape index (κ2) is 3.24. The molecule has 4 heteroatoms. The Morgan fingerprint density at radius 2 is 2.13 bits per heavy atom. The molecule has 1 heterocycles. The summed E-state index contributed by atoms with van der Waals surface area (Å²) in [6.07, 6.45) is 0.685. The molecule has 0 unspecified atom stereocenters. The molecule has 0 fully saturated rings. The summed E-state index contributed by atoms with van der Waals surface area (Å²) in [6, 6.07) is 4.64. The number of carbonyl (C=O) groups excluding carboxylic acids is 2. The predicted octanol–water partition coefficient (Wildman–Crippen LogP) is 1.89. The van der Waals surface area contributed by atoms with E-state index in [0.29, 0.717) is 17.5 Å². The average molecular weight is 203 g/mol. The van der Waals surface area contributed by atoms with Gasteiger partial charge in [0.2, 0.25) is 0 Å². The van der Waals surface area contributed by atoms with Crippen molar-refractivity contribution in [2.45, 2.75) is 6.92 Å². The lowest BCUT2D eigenvalue weighted by Gasteiger charge is -1.99. The Morgan fingerprint density at radius 1 is 1.40 bits per heavy atom. The summed E-state index contributed by atoms with van der Waals surface area (Å²) >= 11 is 0. The second-order valence-corrected chi connectivity index (χ2v) is 3.36. The molecule has 76 valence electrons. The molecule has 0 aliphatic rings. The van der Waals surface area contributed by atoms with E-state index in [9.17, 15) is 14.7 Å². The summed E-state index contributed by atoms with van der Waals surface area (Å²) in [5.41, 5.74) is 1.32. The van der Waals surface area contributed by atoms with E-state index in [1.54, 1.807) is 12.1 Å². The lowest BCUT2D eigenvalue weighted by atomic mass is 10.1. The van der Waals surface area contributed by atoms with E-state index in [1.165, 1.54) is 13.0 Å². The van der Waals surface area contributed by atoms with Crippen molar-refractivity contribution in [3.05, 3.63) is 29.5 Å². The van der Waals surface area contributed by atoms with E-state index in [0.717, 1.165) is 5.39 Å². The number of aromatic nitrogens is 1. The Bertz CT molecular complexity index is 554. The van der Waals surface area contributed by atoms with Crippen molar-refractivity contribution in [1.82, 2.24) is 4.98 Å². The van der Waals surface area contributed by atoms with Crippen LogP contribution in [0.4, 0.5) is 0 Å². The molecule has 1 aromatic heterocycles. The molecule has 0 amide bonds. The molecule has 0 atom stereocenters. The molecular formula is C11H9NO3. The third-order valence-corrected chi connectivity index (χ3v) is 2.26. The van der Waals surface area contributed by atoms with Crippen LogP contribution >= 0.6 is 0 Å². The lowest BCUT2D eigenvalue weighted by molar-refractivity contribution is 0.101. The first kappa shape index (κ1) is 9.45. The van der Waals surface area contributed by atoms with Gasteiger partial charge in [0, 0.05) is 17.0 Å². The van der Waals surface area contributed by atoms with Gasteiger partial charge in [0.05, 0.1) is 11.3 Å². The summed E-state index contributed by atoms with van der Waals surface area (Å²) < 4.78 is 0. The lowest BCUT2D eigenvalue weighted by Crippen LogP contribution is -1.91. The van der Waals surface area contributed by atoms with Crippen LogP contribution in [0.1, 0.15) is 27.8 Å². The third kappa shape index (κ3) is 1.50. The molecule has 2 N–H and O–H groups in total. The number of phenols is 1. The summed E-state index contributed by atoms with van der Waals surface area (Å²) in [6.45, 7) is 1.38. The Balaban J connectivity index is 2.73. The van der Waals surface area contributed by atoms with Gasteiger partial charge in [-0.15, -0.1) is 0 Å². The monoisotopic (exact) mass is 203 g/mol. The zero-order chi connectivity index (χ0) is 11.0. The number of aromatic amines is 1. The highest BCUT2D eigenvalue weighted by Gasteiger charge is 2.09. The number of carbonyl (C=O) groups is 2. The van der Waals surface area contributed by atoms with E-state index < -0.39 is 0 Å². The van der Waals surface area contributed by atoms with Crippen molar-refractivity contribution in [3.8, 4) is 5.75 Å². The highest BCUT2D eigenvalue weighted by atomic mass is 16.3. The minimum Gasteiger partial charge on any atom is -0.507 e. The number of hydrogen-bond acceptors (Lipinski definition) is 3. The molecule has 0 aliphatic carbocycles. The highest BCUT2D eigenvalue weighted by Crippen LogP contribution is 2.25. The van der Waals surface area contributed by atoms with Crippen molar-refractivity contribution < 1.29 is 14.7 Å². The number of ketones is 1. The van der Waals surface area contributed by atoms with E-state index in [4.69, 9.17) is 0 Å². The van der Waals surface area contributed by atoms with Crippen LogP contribution in [0.25, 0.3) is 10.9 Å². The van der Waals surface area contributed by atoms with Crippen LogP contribution in [-0.2, 0) is 0 Å². The van der Waals surface area contributed by atoms with Crippen molar-refractivity contribution in [2.24, 2.45) is 0 Å². The van der Waals surface area contributed by atoms with E-state index >= 15 is 0 Å². The Morgan fingerprint density at radius 3 is 2.73 bits per heavy atom. The number of Topliss-reactive ketones (excluding diaryl/α,β-unsaturated/α-hetero) is 1. The Labute approximate surface area is 85.5 Å². The number of rotatable bonds is 2. The molecule has 0 aliphatic heterocycles. The molecule has 15 heavy (non-hydrogen) atoms. The minimum atomic E-state index is -0.205. The molecular weight excluding hydrogens is 194 g/mol. The van der Waals surface area contributed by atoms with E-state index in [-0.39, 0.29) is 17.1 Å². The summed E-state index contributed by atoms with van der Waals surface area (Å²) in [5, 5.41) is 10.3. The third-order valence-electron chi connectivity index (χ3n) is 2.26. The number of fused-ring (bicyclic) bond motifs is 1. The van der Waals surface area contributed by atoms with Crippen molar-refractivity contribution in [1.29, 1.82) is 0 Å². The molecule has 2 rings (SSSR count). The highest BCUT2D eigenvalue weighted by molar-refractivity contribution is 6.01. The van der Waals surface area contributed by atoms with Crippen LogP contribution < -0.4 is 0 Å². The molecule has 0 saturated carbocycles. The number of benzene rings is 1. The van der Waals surface area contributed by atoms with Gasteiger partial charge in [0.15, 0.2) is 12.1 Å². The molecule has 1 aromatic carbocycles. The minimum absolute atomic E-state index is 0.0747. The molecule has 2 aromatic rings. The number of aromatic hydroxyl groups is 1. The number of aldehydes is 1. The van der Waals surface area contributed by atoms with Gasteiger partial charge in [-0.3, -0.25) is 9.59 Å². The number of phenolic OH excluding ortho intramolecular Hbond substituents is 1. The van der Waals surface area contributed by atoms with E-state index in [2.05, 4.69) is 4.98 Å². The first-order chi connectivity index (χ1) is 7.11. The number of nitrogens with one attached hydrogen (secondary N) is 1. The van der Waals surface area contributed by atoms with Gasteiger partial charge in [-0.2, -0.15) is 0 Å². The van der Waals surface area contributed by atoms with Gasteiger partial charge in [-0.1, -0.05) is 0 Å². The van der Waals surface area contributed by atoms with Crippen LogP contribution in [0.2, 0.25) is 0 Å². The Kier molecular flexibility index (Phi) is 2.04. The molecule has 0 saturated heterocycles. The fourth-order valence-corrected chi connectivity index (χ4v) is 1.54. The van der Waals surface area contributed by atoms with Gasteiger partial charge in [-0.25, -0.2) is 0 Å². The molecule has 0 bridgehead atoms. The van der Waals surface area contributed by atoms with Gasteiger partial charge >= 0.3 is 0 Å². The quantitative estimate of drug-likeness (QED) is 0.578. The fourth-order valence-electron chi connectivity index (χ4n) is 1.54. The van der Waals surface area contributed by atoms with Crippen LogP contribution in [0.5, 0.6) is 5.75 Å². The average Bonchev–Trinajstić information content (AvgIpc) is 2.58. The second-order valence-electron chi connectivity index (χ2n) is 3.36. The number of hydrogen-bond donors (Lipinski definition) is 2. The largest absolute Gasteiger partial charge is 0.507 e. The maximum Gasteiger partial charge on any atom is 0.166 e. The summed E-state index contributed by atoms with van der Waals surface area (Å²) in [5.74, 6) is -0.280. The fraction of sp³-hybridized carbons (Fsp3) is 0.0909. The predicted molar refractivity (Wildman–Crippen MR) is 55.4 cm³/mol. The summed E-state index contributed by atoms with van der Waals surface area (Å²) in [7, 11) is 0. The Hall–Kier alpha value is -2.10. The summed E-state index contributed by atoms with van der Waals surface area (Å²) in [4.78, 5) is 24.5. The first-order valence-corrected chi connectivity index (χ1v) is 4.43. The first-order valence-electron chi connectivity index (χ1n) is 4.43. The van der Waals surface area contributed by atoms with Gasteiger partial charge < -0.3 is 10.1 Å². The van der Waals surface area contributed by atoms with Crippen molar-refractivity contribution in [3.63, 3.8) is 0 Å². The molecule has 0 radical (unpaired) electrons. The zero-order valence-corrected chi connectivity index (χ0v) is 8.07. The maximum atomic E-state index is 11.1. The van der Waals surface area contributed by atoms with Crippen LogP contribution in [-0.4, -0.2) is 22.2 Å². The van der Waals surface area contributed by atoms with Crippen LogP contribution in [0.3, 0.4) is 0 Å². The topological polar surface area (TPSA) is 70.2 Å².